The van der Waals surface area contributed by atoms with Crippen molar-refractivity contribution in [3.63, 3.8) is 0 Å². The van der Waals surface area contributed by atoms with Gasteiger partial charge < -0.3 is 20.7 Å². The summed E-state index contributed by atoms with van der Waals surface area (Å²) < 4.78 is 18.2. The molecule has 2 aromatic carbocycles. The van der Waals surface area contributed by atoms with Crippen LogP contribution < -0.4 is 20.7 Å². The highest BCUT2D eigenvalue weighted by atomic mass is 19.1. The van der Waals surface area contributed by atoms with Crippen molar-refractivity contribution in [2.24, 2.45) is 0 Å². The molecule has 0 radical (unpaired) electrons. The van der Waals surface area contributed by atoms with E-state index >= 15 is 0 Å². The zero-order chi connectivity index (χ0) is 20.4. The highest BCUT2D eigenvalue weighted by Crippen LogP contribution is 2.16. The number of carbonyl (C=O) groups is 2. The lowest BCUT2D eigenvalue weighted by Gasteiger charge is -2.19. The van der Waals surface area contributed by atoms with E-state index in [0.29, 0.717) is 18.7 Å². The van der Waals surface area contributed by atoms with Crippen molar-refractivity contribution in [1.29, 1.82) is 0 Å². The molecule has 0 aliphatic carbocycles. The lowest BCUT2D eigenvalue weighted by Crippen LogP contribution is -2.49. The summed E-state index contributed by atoms with van der Waals surface area (Å²) in [7, 11) is 1.58. The second kappa shape index (κ2) is 10.9. The fourth-order valence-corrected chi connectivity index (χ4v) is 2.71. The molecule has 2 rings (SSSR count). The molecule has 3 amide bonds. The fraction of sp³-hybridized carbons (Fsp3) is 0.333. The molecule has 7 heteroatoms. The summed E-state index contributed by atoms with van der Waals surface area (Å²) in [5, 5.41) is 8.22. The van der Waals surface area contributed by atoms with Gasteiger partial charge >= 0.3 is 6.03 Å². The Balaban J connectivity index is 1.87. The van der Waals surface area contributed by atoms with Gasteiger partial charge in [0.2, 0.25) is 5.91 Å². The standard InChI is InChI=1S/C21H26FN3O3/c1-3-6-18(20(26)23-14-16-7-4-5-8-19(16)28-2)25-21(27)24-13-15-9-11-17(22)12-10-15/h4-5,7-12,18H,3,6,13-14H2,1-2H3,(H,23,26)(H2,24,25,27). The monoisotopic (exact) mass is 387 g/mol. The van der Waals surface area contributed by atoms with Gasteiger partial charge in [-0.1, -0.05) is 43.7 Å². The highest BCUT2D eigenvalue weighted by molar-refractivity contribution is 5.87. The third kappa shape index (κ3) is 6.57. The molecule has 0 fully saturated rings. The van der Waals surface area contributed by atoms with Gasteiger partial charge in [0.1, 0.15) is 17.6 Å². The van der Waals surface area contributed by atoms with Crippen molar-refractivity contribution < 1.29 is 18.7 Å². The van der Waals surface area contributed by atoms with E-state index < -0.39 is 12.1 Å². The number of nitrogens with one attached hydrogen (secondary N) is 3. The first kappa shape index (κ1) is 21.2. The topological polar surface area (TPSA) is 79.5 Å². The third-order valence-electron chi connectivity index (χ3n) is 4.21. The summed E-state index contributed by atoms with van der Waals surface area (Å²) in [4.78, 5) is 24.7. The van der Waals surface area contributed by atoms with E-state index in [0.717, 1.165) is 17.5 Å². The van der Waals surface area contributed by atoms with Crippen LogP contribution in [0.2, 0.25) is 0 Å². The van der Waals surface area contributed by atoms with Crippen LogP contribution in [0.1, 0.15) is 30.9 Å². The Morgan fingerprint density at radius 3 is 2.43 bits per heavy atom. The molecule has 0 aliphatic rings. The molecule has 0 spiro atoms. The number of hydrogen-bond donors (Lipinski definition) is 3. The van der Waals surface area contributed by atoms with Crippen molar-refractivity contribution >= 4 is 11.9 Å². The number of methoxy groups -OCH3 is 1. The summed E-state index contributed by atoms with van der Waals surface area (Å²) in [5.74, 6) is 0.104. The summed E-state index contributed by atoms with van der Waals surface area (Å²) in [6.45, 7) is 2.49. The van der Waals surface area contributed by atoms with Crippen LogP contribution in [0, 0.1) is 5.82 Å². The van der Waals surface area contributed by atoms with Gasteiger partial charge in [0.25, 0.3) is 0 Å². The number of rotatable bonds is 9. The summed E-state index contributed by atoms with van der Waals surface area (Å²) in [6.07, 6.45) is 1.26. The lowest BCUT2D eigenvalue weighted by molar-refractivity contribution is -0.123. The van der Waals surface area contributed by atoms with Crippen LogP contribution in [0.4, 0.5) is 9.18 Å². The van der Waals surface area contributed by atoms with Crippen LogP contribution in [0.5, 0.6) is 5.75 Å². The Morgan fingerprint density at radius 1 is 1.04 bits per heavy atom. The molecule has 0 saturated heterocycles. The van der Waals surface area contributed by atoms with Crippen molar-refractivity contribution in [1.82, 2.24) is 16.0 Å². The largest absolute Gasteiger partial charge is 0.496 e. The van der Waals surface area contributed by atoms with Crippen LogP contribution in [0.3, 0.4) is 0 Å². The smallest absolute Gasteiger partial charge is 0.315 e. The van der Waals surface area contributed by atoms with Crippen molar-refractivity contribution in [2.45, 2.75) is 38.9 Å². The second-order valence-corrected chi connectivity index (χ2v) is 6.32. The summed E-state index contributed by atoms with van der Waals surface area (Å²) in [6, 6.07) is 12.2. The first-order valence-electron chi connectivity index (χ1n) is 9.22. The Hall–Kier alpha value is -3.09. The van der Waals surface area contributed by atoms with Crippen molar-refractivity contribution in [3.8, 4) is 5.75 Å². The number of hydrogen-bond acceptors (Lipinski definition) is 3. The highest BCUT2D eigenvalue weighted by Gasteiger charge is 2.20. The second-order valence-electron chi connectivity index (χ2n) is 6.32. The normalized spacial score (nSPS) is 11.4. The van der Waals surface area contributed by atoms with Crippen LogP contribution in [0.25, 0.3) is 0 Å². The van der Waals surface area contributed by atoms with Gasteiger partial charge in [0, 0.05) is 18.7 Å². The number of amides is 3. The van der Waals surface area contributed by atoms with Gasteiger partial charge in [-0.25, -0.2) is 9.18 Å². The zero-order valence-electron chi connectivity index (χ0n) is 16.1. The Bertz CT molecular complexity index is 781. The molecule has 0 saturated carbocycles. The number of halogens is 1. The van der Waals surface area contributed by atoms with Crippen molar-refractivity contribution in [3.05, 3.63) is 65.5 Å². The molecule has 0 heterocycles. The summed E-state index contributed by atoms with van der Waals surface area (Å²) in [5.41, 5.74) is 1.62. The minimum Gasteiger partial charge on any atom is -0.496 e. The molecule has 3 N–H and O–H groups in total. The van der Waals surface area contributed by atoms with Gasteiger partial charge in [0.15, 0.2) is 0 Å². The Labute approximate surface area is 164 Å². The molecule has 28 heavy (non-hydrogen) atoms. The molecule has 0 bridgehead atoms. The maximum Gasteiger partial charge on any atom is 0.315 e. The third-order valence-corrected chi connectivity index (χ3v) is 4.21. The molecule has 1 atom stereocenters. The van der Waals surface area contributed by atoms with E-state index in [1.54, 1.807) is 19.2 Å². The molecular weight excluding hydrogens is 361 g/mol. The van der Waals surface area contributed by atoms with Crippen LogP contribution in [0.15, 0.2) is 48.5 Å². The van der Waals surface area contributed by atoms with Gasteiger partial charge in [-0.15, -0.1) is 0 Å². The number of para-hydroxylation sites is 1. The average Bonchev–Trinajstić information content (AvgIpc) is 2.71. The quantitative estimate of drug-likeness (QED) is 0.619. The van der Waals surface area contributed by atoms with E-state index in [1.165, 1.54) is 12.1 Å². The zero-order valence-corrected chi connectivity index (χ0v) is 16.1. The van der Waals surface area contributed by atoms with Crippen LogP contribution in [-0.4, -0.2) is 25.1 Å². The van der Waals surface area contributed by atoms with Crippen LogP contribution >= 0.6 is 0 Å². The average molecular weight is 387 g/mol. The number of urea groups is 1. The van der Waals surface area contributed by atoms with E-state index in [9.17, 15) is 14.0 Å². The number of ether oxygens (including phenoxy) is 1. The van der Waals surface area contributed by atoms with Crippen molar-refractivity contribution in [2.75, 3.05) is 7.11 Å². The Kier molecular flexibility index (Phi) is 8.27. The minimum absolute atomic E-state index is 0.244. The van der Waals surface area contributed by atoms with E-state index in [-0.39, 0.29) is 18.3 Å². The number of carbonyl (C=O) groups excluding carboxylic acids is 2. The first-order chi connectivity index (χ1) is 13.5. The number of benzene rings is 2. The molecule has 1 unspecified atom stereocenters. The van der Waals surface area contributed by atoms with E-state index in [2.05, 4.69) is 16.0 Å². The lowest BCUT2D eigenvalue weighted by atomic mass is 10.1. The predicted octanol–water partition coefficient (Wildman–Crippen LogP) is 3.12. The summed E-state index contributed by atoms with van der Waals surface area (Å²) >= 11 is 0. The van der Waals surface area contributed by atoms with E-state index in [1.807, 2.05) is 31.2 Å². The van der Waals surface area contributed by atoms with Gasteiger partial charge in [-0.05, 0) is 30.2 Å². The minimum atomic E-state index is -0.645. The Morgan fingerprint density at radius 2 is 1.75 bits per heavy atom. The van der Waals surface area contributed by atoms with Gasteiger partial charge in [-0.3, -0.25) is 4.79 Å². The van der Waals surface area contributed by atoms with E-state index in [4.69, 9.17) is 4.74 Å². The molecule has 0 aromatic heterocycles. The van der Waals surface area contributed by atoms with Gasteiger partial charge in [-0.2, -0.15) is 0 Å². The predicted molar refractivity (Wildman–Crippen MR) is 105 cm³/mol. The molecule has 150 valence electrons. The molecule has 0 aliphatic heterocycles. The maximum absolute atomic E-state index is 12.9. The first-order valence-corrected chi connectivity index (χ1v) is 9.22. The molecule has 2 aromatic rings. The fourth-order valence-electron chi connectivity index (χ4n) is 2.71. The van der Waals surface area contributed by atoms with Crippen LogP contribution in [-0.2, 0) is 17.9 Å². The molecule has 6 nitrogen and oxygen atoms in total. The maximum atomic E-state index is 12.9. The molecular formula is C21H26FN3O3. The SMILES string of the molecule is CCCC(NC(=O)NCc1ccc(F)cc1)C(=O)NCc1ccccc1OC. The van der Waals surface area contributed by atoms with Gasteiger partial charge in [0.05, 0.1) is 7.11 Å².